The molecule has 2 aromatic heterocycles. The Kier molecular flexibility index (Phi) is 5.09. The molecule has 1 N–H and O–H groups in total. The molecular formula is C15H12N2O3S2. The molecule has 0 atom stereocenters. The molecule has 1 amide bonds. The zero-order valence-electron chi connectivity index (χ0n) is 11.9. The van der Waals surface area contributed by atoms with Gasteiger partial charge in [-0.3, -0.25) is 4.79 Å². The van der Waals surface area contributed by atoms with Crippen LogP contribution in [0.15, 0.2) is 23.6 Å². The van der Waals surface area contributed by atoms with E-state index in [-0.39, 0.29) is 11.5 Å². The number of methoxy groups -OCH3 is 1. The number of rotatable bonds is 4. The monoisotopic (exact) mass is 332 g/mol. The fourth-order valence-electron chi connectivity index (χ4n) is 1.72. The van der Waals surface area contributed by atoms with Gasteiger partial charge >= 0.3 is 5.97 Å². The van der Waals surface area contributed by atoms with Crippen LogP contribution < -0.4 is 5.32 Å². The predicted molar refractivity (Wildman–Crippen MR) is 87.1 cm³/mol. The zero-order chi connectivity index (χ0) is 16.1. The van der Waals surface area contributed by atoms with E-state index in [1.54, 1.807) is 13.0 Å². The number of anilines is 1. The van der Waals surface area contributed by atoms with Gasteiger partial charge in [0.15, 0.2) is 0 Å². The highest BCUT2D eigenvalue weighted by Crippen LogP contribution is 2.32. The smallest absolute Gasteiger partial charge is 0.348 e. The average Bonchev–Trinajstić information content (AvgIpc) is 3.12. The number of nitriles is 1. The van der Waals surface area contributed by atoms with Gasteiger partial charge in [0.1, 0.15) is 15.9 Å². The Hall–Kier alpha value is -2.43. The van der Waals surface area contributed by atoms with Gasteiger partial charge in [0.25, 0.3) is 0 Å². The van der Waals surface area contributed by atoms with E-state index >= 15 is 0 Å². The van der Waals surface area contributed by atoms with Gasteiger partial charge in [0.05, 0.1) is 12.7 Å². The molecule has 112 valence electrons. The van der Waals surface area contributed by atoms with Crippen LogP contribution in [0.3, 0.4) is 0 Å². The van der Waals surface area contributed by atoms with Crippen LogP contribution in [0.1, 0.15) is 25.7 Å². The molecule has 0 radical (unpaired) electrons. The number of nitrogens with one attached hydrogen (secondary N) is 1. The largest absolute Gasteiger partial charge is 0.465 e. The van der Waals surface area contributed by atoms with E-state index in [0.29, 0.717) is 15.4 Å². The van der Waals surface area contributed by atoms with E-state index in [0.717, 1.165) is 16.2 Å². The van der Waals surface area contributed by atoms with Crippen molar-refractivity contribution in [1.82, 2.24) is 0 Å². The third-order valence-corrected chi connectivity index (χ3v) is 4.83. The molecule has 5 nitrogen and oxygen atoms in total. The van der Waals surface area contributed by atoms with Gasteiger partial charge in [-0.05, 0) is 30.0 Å². The number of esters is 1. The molecule has 7 heteroatoms. The maximum Gasteiger partial charge on any atom is 0.348 e. The minimum Gasteiger partial charge on any atom is -0.465 e. The molecule has 0 aromatic carbocycles. The lowest BCUT2D eigenvalue weighted by Crippen LogP contribution is -2.07. The molecule has 0 saturated heterocycles. The van der Waals surface area contributed by atoms with Crippen molar-refractivity contribution in [3.63, 3.8) is 0 Å². The van der Waals surface area contributed by atoms with Crippen LogP contribution in [0.4, 0.5) is 5.00 Å². The topological polar surface area (TPSA) is 79.2 Å². The van der Waals surface area contributed by atoms with Crippen molar-refractivity contribution < 1.29 is 14.3 Å². The Morgan fingerprint density at radius 3 is 2.82 bits per heavy atom. The van der Waals surface area contributed by atoms with Gasteiger partial charge < -0.3 is 10.1 Å². The van der Waals surface area contributed by atoms with Crippen molar-refractivity contribution in [2.24, 2.45) is 0 Å². The van der Waals surface area contributed by atoms with Gasteiger partial charge in [0.2, 0.25) is 5.91 Å². The number of amides is 1. The summed E-state index contributed by atoms with van der Waals surface area (Å²) in [7, 11) is 1.27. The Morgan fingerprint density at radius 2 is 2.23 bits per heavy atom. The van der Waals surface area contributed by atoms with Gasteiger partial charge in [-0.2, -0.15) is 5.26 Å². The first-order valence-corrected chi connectivity index (χ1v) is 7.90. The quantitative estimate of drug-likeness (QED) is 0.687. The Bertz CT molecular complexity index is 768. The van der Waals surface area contributed by atoms with Crippen molar-refractivity contribution in [3.8, 4) is 6.07 Å². The lowest BCUT2D eigenvalue weighted by atomic mass is 10.2. The molecule has 0 aliphatic rings. The van der Waals surface area contributed by atoms with Crippen LogP contribution in [0.5, 0.6) is 0 Å². The van der Waals surface area contributed by atoms with Crippen LogP contribution in [0.2, 0.25) is 0 Å². The first-order valence-electron chi connectivity index (χ1n) is 6.21. The first kappa shape index (κ1) is 15.9. The summed E-state index contributed by atoms with van der Waals surface area (Å²) in [5.74, 6) is -0.879. The molecule has 2 rings (SSSR count). The minimum atomic E-state index is -0.520. The predicted octanol–water partition coefficient (Wildman–Crippen LogP) is 3.43. The van der Waals surface area contributed by atoms with Gasteiger partial charge in [-0.15, -0.1) is 22.7 Å². The lowest BCUT2D eigenvalue weighted by molar-refractivity contribution is -0.111. The molecule has 22 heavy (non-hydrogen) atoms. The Morgan fingerprint density at radius 1 is 1.45 bits per heavy atom. The molecule has 0 fully saturated rings. The van der Waals surface area contributed by atoms with Crippen LogP contribution in [-0.2, 0) is 9.53 Å². The number of ether oxygens (including phenoxy) is 1. The highest BCUT2D eigenvalue weighted by molar-refractivity contribution is 7.18. The number of hydrogen-bond donors (Lipinski definition) is 1. The van der Waals surface area contributed by atoms with Crippen LogP contribution in [0.25, 0.3) is 6.08 Å². The van der Waals surface area contributed by atoms with E-state index in [2.05, 4.69) is 10.1 Å². The molecule has 0 aliphatic heterocycles. The molecule has 0 spiro atoms. The number of thiophene rings is 2. The molecule has 2 heterocycles. The number of carbonyl (C=O) groups excluding carboxylic acids is 2. The van der Waals surface area contributed by atoms with Crippen molar-refractivity contribution in [2.75, 3.05) is 12.4 Å². The third-order valence-electron chi connectivity index (χ3n) is 2.81. The van der Waals surface area contributed by atoms with Crippen LogP contribution >= 0.6 is 22.7 Å². The Balaban J connectivity index is 2.20. The second-order valence-electron chi connectivity index (χ2n) is 4.20. The summed E-state index contributed by atoms with van der Waals surface area (Å²) >= 11 is 2.55. The summed E-state index contributed by atoms with van der Waals surface area (Å²) in [6.07, 6.45) is 3.08. The second kappa shape index (κ2) is 7.02. The van der Waals surface area contributed by atoms with E-state index in [4.69, 9.17) is 0 Å². The van der Waals surface area contributed by atoms with Gasteiger partial charge in [-0.1, -0.05) is 6.07 Å². The average molecular weight is 332 g/mol. The Labute approximate surface area is 135 Å². The number of carbonyl (C=O) groups is 2. The van der Waals surface area contributed by atoms with Crippen molar-refractivity contribution >= 4 is 45.6 Å². The molecule has 0 bridgehead atoms. The zero-order valence-corrected chi connectivity index (χ0v) is 13.5. The van der Waals surface area contributed by atoms with Crippen molar-refractivity contribution in [2.45, 2.75) is 6.92 Å². The maximum absolute atomic E-state index is 11.9. The molecule has 0 unspecified atom stereocenters. The van der Waals surface area contributed by atoms with E-state index in [1.807, 2.05) is 23.6 Å². The highest BCUT2D eigenvalue weighted by atomic mass is 32.1. The third kappa shape index (κ3) is 3.42. The van der Waals surface area contributed by atoms with Crippen LogP contribution in [-0.4, -0.2) is 19.0 Å². The van der Waals surface area contributed by atoms with Crippen molar-refractivity contribution in [3.05, 3.63) is 44.5 Å². The fraction of sp³-hybridized carbons (Fsp3) is 0.133. The summed E-state index contributed by atoms with van der Waals surface area (Å²) in [5.41, 5.74) is 0.792. The first-order chi connectivity index (χ1) is 10.6. The SMILES string of the molecule is COC(=O)c1sc(NC(=O)C=Cc2cccs2)c(C#N)c1C. The highest BCUT2D eigenvalue weighted by Gasteiger charge is 2.21. The number of nitrogens with zero attached hydrogens (tertiary/aromatic N) is 1. The van der Waals surface area contributed by atoms with Gasteiger partial charge in [-0.25, -0.2) is 4.79 Å². The summed E-state index contributed by atoms with van der Waals surface area (Å²) in [6.45, 7) is 1.65. The normalized spacial score (nSPS) is 10.4. The van der Waals surface area contributed by atoms with E-state index in [1.165, 1.54) is 24.5 Å². The minimum absolute atomic E-state index is 0.281. The molecular weight excluding hydrogens is 320 g/mol. The van der Waals surface area contributed by atoms with E-state index in [9.17, 15) is 14.9 Å². The summed E-state index contributed by atoms with van der Waals surface area (Å²) in [4.78, 5) is 24.8. The maximum atomic E-state index is 11.9. The molecule has 2 aromatic rings. The van der Waals surface area contributed by atoms with Crippen LogP contribution in [0, 0.1) is 18.3 Å². The summed E-state index contributed by atoms with van der Waals surface area (Å²) < 4.78 is 4.67. The van der Waals surface area contributed by atoms with E-state index < -0.39 is 5.97 Å². The summed E-state index contributed by atoms with van der Waals surface area (Å²) in [6, 6.07) is 5.78. The number of hydrogen-bond acceptors (Lipinski definition) is 6. The second-order valence-corrected chi connectivity index (χ2v) is 6.20. The van der Waals surface area contributed by atoms with Gasteiger partial charge in [0, 0.05) is 11.0 Å². The lowest BCUT2D eigenvalue weighted by Gasteiger charge is -1.98. The van der Waals surface area contributed by atoms with Crippen molar-refractivity contribution in [1.29, 1.82) is 5.26 Å². The fourth-order valence-corrected chi connectivity index (χ4v) is 3.42. The molecule has 0 saturated carbocycles. The standard InChI is InChI=1S/C15H12N2O3S2/c1-9-11(8-16)14(22-13(9)15(19)20-2)17-12(18)6-5-10-4-3-7-21-10/h3-7H,1-2H3,(H,17,18). The molecule has 0 aliphatic carbocycles. The summed E-state index contributed by atoms with van der Waals surface area (Å²) in [5, 5.41) is 14.1.